The van der Waals surface area contributed by atoms with Crippen LogP contribution in [0.4, 0.5) is 5.82 Å². The van der Waals surface area contributed by atoms with Crippen LogP contribution in [0, 0.1) is 5.92 Å². The number of hydrogen-bond acceptors (Lipinski definition) is 3. The maximum atomic E-state index is 12.4. The molecule has 1 aromatic rings. The average molecular weight is 289 g/mol. The van der Waals surface area contributed by atoms with Crippen molar-refractivity contribution in [3.05, 3.63) is 23.4 Å². The number of anilines is 1. The molecule has 1 aliphatic rings. The van der Waals surface area contributed by atoms with E-state index < -0.39 is 0 Å². The summed E-state index contributed by atoms with van der Waals surface area (Å²) in [5, 5.41) is 6.31. The lowest BCUT2D eigenvalue weighted by Gasteiger charge is -2.15. The quantitative estimate of drug-likeness (QED) is 0.807. The zero-order valence-corrected chi connectivity index (χ0v) is 13.6. The van der Waals surface area contributed by atoms with Gasteiger partial charge < -0.3 is 10.6 Å². The molecule has 1 aromatic heterocycles. The van der Waals surface area contributed by atoms with Crippen molar-refractivity contribution < 1.29 is 4.79 Å². The Morgan fingerprint density at radius 3 is 2.62 bits per heavy atom. The number of nitrogens with one attached hydrogen (secondary N) is 2. The third kappa shape index (κ3) is 4.73. The Morgan fingerprint density at radius 1 is 1.33 bits per heavy atom. The summed E-state index contributed by atoms with van der Waals surface area (Å²) in [7, 11) is 0. The molecule has 1 fully saturated rings. The lowest BCUT2D eigenvalue weighted by Crippen LogP contribution is -2.33. The van der Waals surface area contributed by atoms with Crippen LogP contribution >= 0.6 is 0 Å². The molecule has 1 unspecified atom stereocenters. The largest absolute Gasteiger partial charge is 0.370 e. The smallest absolute Gasteiger partial charge is 0.251 e. The summed E-state index contributed by atoms with van der Waals surface area (Å²) in [6.45, 7) is 9.10. The van der Waals surface area contributed by atoms with E-state index in [4.69, 9.17) is 0 Å². The van der Waals surface area contributed by atoms with E-state index in [0.29, 0.717) is 11.5 Å². The topological polar surface area (TPSA) is 54.0 Å². The third-order valence-electron chi connectivity index (χ3n) is 3.82. The van der Waals surface area contributed by atoms with Gasteiger partial charge in [0.05, 0.1) is 0 Å². The number of hydrogen-bond donors (Lipinski definition) is 2. The zero-order valence-electron chi connectivity index (χ0n) is 13.6. The van der Waals surface area contributed by atoms with E-state index in [0.717, 1.165) is 30.4 Å². The van der Waals surface area contributed by atoms with Crippen LogP contribution in [0.2, 0.25) is 0 Å². The van der Waals surface area contributed by atoms with Crippen molar-refractivity contribution in [1.82, 2.24) is 10.3 Å². The number of aromatic nitrogens is 1. The molecule has 1 atom stereocenters. The van der Waals surface area contributed by atoms with E-state index in [2.05, 4.69) is 36.4 Å². The molecule has 0 saturated heterocycles. The lowest BCUT2D eigenvalue weighted by molar-refractivity contribution is 0.0937. The molecule has 4 nitrogen and oxygen atoms in total. The number of rotatable bonds is 7. The molecular weight excluding hydrogens is 262 g/mol. The van der Waals surface area contributed by atoms with Crippen molar-refractivity contribution in [3.8, 4) is 0 Å². The Balaban J connectivity index is 2.10. The highest BCUT2D eigenvalue weighted by atomic mass is 16.1. The van der Waals surface area contributed by atoms with Crippen LogP contribution in [0.25, 0.3) is 0 Å². The monoisotopic (exact) mass is 289 g/mol. The number of nitrogens with zero attached hydrogens (tertiary/aromatic N) is 1. The Bertz CT molecular complexity index is 495. The fourth-order valence-corrected chi connectivity index (χ4v) is 2.47. The van der Waals surface area contributed by atoms with Crippen molar-refractivity contribution in [3.63, 3.8) is 0 Å². The van der Waals surface area contributed by atoms with E-state index in [1.807, 2.05) is 19.1 Å². The van der Waals surface area contributed by atoms with Gasteiger partial charge in [-0.1, -0.05) is 26.7 Å². The predicted molar refractivity (Wildman–Crippen MR) is 86.8 cm³/mol. The molecule has 0 aliphatic heterocycles. The van der Waals surface area contributed by atoms with Crippen molar-refractivity contribution in [2.75, 3.05) is 11.9 Å². The molecule has 21 heavy (non-hydrogen) atoms. The maximum absolute atomic E-state index is 12.4. The van der Waals surface area contributed by atoms with Crippen LogP contribution in [0.3, 0.4) is 0 Å². The molecule has 1 heterocycles. The molecule has 4 heteroatoms. The third-order valence-corrected chi connectivity index (χ3v) is 3.82. The first-order valence-corrected chi connectivity index (χ1v) is 8.06. The molecule has 2 rings (SSSR count). The highest BCUT2D eigenvalue weighted by Gasteiger charge is 2.24. The van der Waals surface area contributed by atoms with Crippen LogP contribution in [-0.4, -0.2) is 23.5 Å². The van der Waals surface area contributed by atoms with E-state index in [1.165, 1.54) is 12.8 Å². The molecule has 116 valence electrons. The first kappa shape index (κ1) is 15.8. The number of carbonyl (C=O) groups excluding carboxylic acids is 1. The van der Waals surface area contributed by atoms with E-state index in [1.54, 1.807) is 0 Å². The van der Waals surface area contributed by atoms with Crippen LogP contribution in [-0.2, 0) is 0 Å². The Labute approximate surface area is 127 Å². The van der Waals surface area contributed by atoms with Crippen molar-refractivity contribution in [2.45, 2.75) is 58.9 Å². The van der Waals surface area contributed by atoms with Gasteiger partial charge in [-0.3, -0.25) is 4.79 Å². The molecule has 1 saturated carbocycles. The molecular formula is C17H27N3O. The molecule has 0 bridgehead atoms. The number of amides is 1. The van der Waals surface area contributed by atoms with Gasteiger partial charge in [0.1, 0.15) is 5.82 Å². The molecule has 1 amide bonds. The van der Waals surface area contributed by atoms with Crippen molar-refractivity contribution >= 4 is 11.7 Å². The summed E-state index contributed by atoms with van der Waals surface area (Å²) >= 11 is 0. The van der Waals surface area contributed by atoms with Gasteiger partial charge in [-0.05, 0) is 44.2 Å². The summed E-state index contributed by atoms with van der Waals surface area (Å²) in [6.07, 6.45) is 3.73. The minimum atomic E-state index is 0.00611. The molecule has 0 spiro atoms. The zero-order chi connectivity index (χ0) is 15.4. The standard InChI is InChI=1S/C17H27N3O/c1-5-18-16-10-14(9-15(20-16)11(2)3)17(21)19-12(4)8-13-6-7-13/h9-13H,5-8H2,1-4H3,(H,18,20)(H,19,21). The summed E-state index contributed by atoms with van der Waals surface area (Å²) in [4.78, 5) is 17.0. The molecule has 2 N–H and O–H groups in total. The lowest BCUT2D eigenvalue weighted by atomic mass is 10.1. The van der Waals surface area contributed by atoms with Gasteiger partial charge >= 0.3 is 0 Å². The Hall–Kier alpha value is -1.58. The Kier molecular flexibility index (Phi) is 5.21. The van der Waals surface area contributed by atoms with Crippen molar-refractivity contribution in [2.24, 2.45) is 5.92 Å². The van der Waals surface area contributed by atoms with Crippen LogP contribution < -0.4 is 10.6 Å². The summed E-state index contributed by atoms with van der Waals surface area (Å²) in [5.74, 6) is 1.91. The maximum Gasteiger partial charge on any atom is 0.251 e. The highest BCUT2D eigenvalue weighted by Crippen LogP contribution is 2.33. The van der Waals surface area contributed by atoms with Crippen LogP contribution in [0.5, 0.6) is 0 Å². The fraction of sp³-hybridized carbons (Fsp3) is 0.647. The predicted octanol–water partition coefficient (Wildman–Crippen LogP) is 3.56. The van der Waals surface area contributed by atoms with E-state index in [-0.39, 0.29) is 11.9 Å². The van der Waals surface area contributed by atoms with Crippen LogP contribution in [0.15, 0.2) is 12.1 Å². The highest BCUT2D eigenvalue weighted by molar-refractivity contribution is 5.95. The van der Waals surface area contributed by atoms with Crippen molar-refractivity contribution in [1.29, 1.82) is 0 Å². The summed E-state index contributed by atoms with van der Waals surface area (Å²) in [5.41, 5.74) is 1.65. The second-order valence-electron chi connectivity index (χ2n) is 6.40. The second kappa shape index (κ2) is 6.92. The first-order valence-electron chi connectivity index (χ1n) is 8.06. The minimum Gasteiger partial charge on any atom is -0.370 e. The average Bonchev–Trinajstić information content (AvgIpc) is 3.22. The minimum absolute atomic E-state index is 0.00611. The van der Waals surface area contributed by atoms with Gasteiger partial charge in [0, 0.05) is 23.8 Å². The summed E-state index contributed by atoms with van der Waals surface area (Å²) < 4.78 is 0. The van der Waals surface area contributed by atoms with Gasteiger partial charge in [0.2, 0.25) is 0 Å². The first-order chi connectivity index (χ1) is 9.99. The van der Waals surface area contributed by atoms with Gasteiger partial charge in [0.15, 0.2) is 0 Å². The number of carbonyl (C=O) groups is 1. The van der Waals surface area contributed by atoms with Gasteiger partial charge in [-0.2, -0.15) is 0 Å². The van der Waals surface area contributed by atoms with E-state index >= 15 is 0 Å². The second-order valence-corrected chi connectivity index (χ2v) is 6.40. The SMILES string of the molecule is CCNc1cc(C(=O)NC(C)CC2CC2)cc(C(C)C)n1. The van der Waals surface area contributed by atoms with Gasteiger partial charge in [0.25, 0.3) is 5.91 Å². The Morgan fingerprint density at radius 2 is 2.05 bits per heavy atom. The molecule has 0 aromatic carbocycles. The van der Waals surface area contributed by atoms with Crippen LogP contribution in [0.1, 0.15) is 68.9 Å². The van der Waals surface area contributed by atoms with E-state index in [9.17, 15) is 4.79 Å². The molecule has 0 radical (unpaired) electrons. The molecule has 1 aliphatic carbocycles. The van der Waals surface area contributed by atoms with Gasteiger partial charge in [-0.15, -0.1) is 0 Å². The van der Waals surface area contributed by atoms with Gasteiger partial charge in [-0.25, -0.2) is 4.98 Å². The fourth-order valence-electron chi connectivity index (χ4n) is 2.47. The number of pyridine rings is 1. The summed E-state index contributed by atoms with van der Waals surface area (Å²) in [6, 6.07) is 3.99. The normalized spacial score (nSPS) is 15.9.